The molecule has 0 saturated carbocycles. The van der Waals surface area contributed by atoms with Crippen LogP contribution in [0, 0.1) is 12.3 Å². The van der Waals surface area contributed by atoms with Gasteiger partial charge in [0.25, 0.3) is 5.91 Å². The zero-order valence-electron chi connectivity index (χ0n) is 8.10. The molecule has 72 valence electrons. The molecule has 0 radical (unpaired) electrons. The van der Waals surface area contributed by atoms with Crippen LogP contribution in [0.1, 0.15) is 20.8 Å². The monoisotopic (exact) mass is 182 g/mol. The number of rotatable bonds is 2. The molecule has 0 aromatic rings. The fraction of sp³-hybridized carbons (Fsp3) is 0.556. The van der Waals surface area contributed by atoms with Crippen LogP contribution in [0.5, 0.6) is 0 Å². The molecule has 0 aliphatic heterocycles. The summed E-state index contributed by atoms with van der Waals surface area (Å²) in [5.41, 5.74) is -0.294. The molecule has 0 aliphatic rings. The van der Waals surface area contributed by atoms with Gasteiger partial charge in [0.1, 0.15) is 0 Å². The first-order chi connectivity index (χ1) is 5.85. The van der Waals surface area contributed by atoms with E-state index in [4.69, 9.17) is 6.42 Å². The number of carbonyl (C=O) groups is 2. The highest BCUT2D eigenvalue weighted by atomic mass is 16.2. The van der Waals surface area contributed by atoms with Crippen molar-refractivity contribution in [3.05, 3.63) is 0 Å². The molecule has 0 saturated heterocycles. The van der Waals surface area contributed by atoms with Gasteiger partial charge in [-0.1, -0.05) is 0 Å². The van der Waals surface area contributed by atoms with Crippen LogP contribution in [0.4, 0.5) is 0 Å². The van der Waals surface area contributed by atoms with Crippen LogP contribution >= 0.6 is 0 Å². The van der Waals surface area contributed by atoms with Gasteiger partial charge in [0.15, 0.2) is 0 Å². The summed E-state index contributed by atoms with van der Waals surface area (Å²) >= 11 is 0. The molecule has 2 amide bonds. The summed E-state index contributed by atoms with van der Waals surface area (Å²) in [6, 6.07) is 0. The fourth-order valence-corrected chi connectivity index (χ4v) is 0.674. The Morgan fingerprint density at radius 3 is 2.31 bits per heavy atom. The predicted molar refractivity (Wildman–Crippen MR) is 49.7 cm³/mol. The second-order valence-corrected chi connectivity index (χ2v) is 3.63. The standard InChI is InChI=1S/C9H14N2O2/c1-5-7(12)10-6-8(13)11-9(2,3)4/h1H,6H2,2-4H3,(H,10,12)(H,11,13). The number of nitrogens with one attached hydrogen (secondary N) is 2. The third-order valence-electron chi connectivity index (χ3n) is 1.06. The second kappa shape index (κ2) is 4.51. The fourth-order valence-electron chi connectivity index (χ4n) is 0.674. The average Bonchev–Trinajstić information content (AvgIpc) is 1.97. The highest BCUT2D eigenvalue weighted by Crippen LogP contribution is 1.96. The van der Waals surface area contributed by atoms with E-state index in [-0.39, 0.29) is 18.0 Å². The van der Waals surface area contributed by atoms with Gasteiger partial charge >= 0.3 is 0 Å². The molecule has 0 aromatic heterocycles. The Hall–Kier alpha value is -1.50. The topological polar surface area (TPSA) is 58.2 Å². The Morgan fingerprint density at radius 2 is 1.92 bits per heavy atom. The van der Waals surface area contributed by atoms with E-state index in [1.807, 2.05) is 26.7 Å². The number of terminal acetylenes is 1. The average molecular weight is 182 g/mol. The molecule has 0 aliphatic carbocycles. The lowest BCUT2D eigenvalue weighted by molar-refractivity contribution is -0.124. The van der Waals surface area contributed by atoms with Crippen LogP contribution in [-0.2, 0) is 9.59 Å². The zero-order valence-corrected chi connectivity index (χ0v) is 8.10. The molecule has 0 heterocycles. The summed E-state index contributed by atoms with van der Waals surface area (Å²) in [5.74, 6) is 1.02. The van der Waals surface area contributed by atoms with E-state index < -0.39 is 5.91 Å². The number of hydrogen-bond donors (Lipinski definition) is 2. The number of carbonyl (C=O) groups excluding carboxylic acids is 2. The van der Waals surface area contributed by atoms with Crippen molar-refractivity contribution >= 4 is 11.8 Å². The van der Waals surface area contributed by atoms with Gasteiger partial charge in [0, 0.05) is 5.54 Å². The Balaban J connectivity index is 3.79. The van der Waals surface area contributed by atoms with Crippen LogP contribution in [-0.4, -0.2) is 23.9 Å². The first-order valence-electron chi connectivity index (χ1n) is 3.90. The van der Waals surface area contributed by atoms with Crippen molar-refractivity contribution in [2.24, 2.45) is 0 Å². The Kier molecular flexibility index (Phi) is 3.99. The number of amides is 2. The molecule has 0 aromatic carbocycles. The minimum absolute atomic E-state index is 0.0830. The van der Waals surface area contributed by atoms with Crippen molar-refractivity contribution in [1.29, 1.82) is 0 Å². The van der Waals surface area contributed by atoms with Crippen molar-refractivity contribution in [3.63, 3.8) is 0 Å². The third-order valence-corrected chi connectivity index (χ3v) is 1.06. The van der Waals surface area contributed by atoms with Crippen molar-refractivity contribution in [3.8, 4) is 12.3 Å². The summed E-state index contributed by atoms with van der Waals surface area (Å²) in [6.45, 7) is 5.48. The molecule has 0 spiro atoms. The van der Waals surface area contributed by atoms with Crippen molar-refractivity contribution < 1.29 is 9.59 Å². The van der Waals surface area contributed by atoms with Crippen LogP contribution in [0.25, 0.3) is 0 Å². The van der Waals surface area contributed by atoms with Gasteiger partial charge in [-0.2, -0.15) is 0 Å². The maximum atomic E-state index is 11.1. The van der Waals surface area contributed by atoms with Gasteiger partial charge in [-0.15, -0.1) is 6.42 Å². The van der Waals surface area contributed by atoms with E-state index in [9.17, 15) is 9.59 Å². The van der Waals surface area contributed by atoms with Gasteiger partial charge < -0.3 is 10.6 Å². The molecule has 2 N–H and O–H groups in total. The van der Waals surface area contributed by atoms with E-state index in [1.54, 1.807) is 0 Å². The van der Waals surface area contributed by atoms with Crippen LogP contribution in [0.2, 0.25) is 0 Å². The Morgan fingerprint density at radius 1 is 1.38 bits per heavy atom. The normalized spacial score (nSPS) is 10.0. The zero-order chi connectivity index (χ0) is 10.5. The lowest BCUT2D eigenvalue weighted by Gasteiger charge is -2.20. The summed E-state index contributed by atoms with van der Waals surface area (Å²) in [5, 5.41) is 4.94. The van der Waals surface area contributed by atoms with Crippen molar-refractivity contribution in [2.75, 3.05) is 6.54 Å². The van der Waals surface area contributed by atoms with Gasteiger partial charge in [-0.25, -0.2) is 0 Å². The van der Waals surface area contributed by atoms with Crippen LogP contribution in [0.3, 0.4) is 0 Å². The molecule has 0 rings (SSSR count). The van der Waals surface area contributed by atoms with Crippen LogP contribution < -0.4 is 10.6 Å². The highest BCUT2D eigenvalue weighted by Gasteiger charge is 2.13. The van der Waals surface area contributed by atoms with E-state index in [2.05, 4.69) is 10.6 Å². The predicted octanol–water partition coefficient (Wildman–Crippen LogP) is -0.350. The van der Waals surface area contributed by atoms with Gasteiger partial charge in [0.05, 0.1) is 6.54 Å². The third kappa shape index (κ3) is 6.88. The van der Waals surface area contributed by atoms with Gasteiger partial charge in [-0.3, -0.25) is 9.59 Å². The van der Waals surface area contributed by atoms with E-state index in [1.165, 1.54) is 0 Å². The van der Waals surface area contributed by atoms with Crippen molar-refractivity contribution in [2.45, 2.75) is 26.3 Å². The minimum atomic E-state index is -0.580. The maximum Gasteiger partial charge on any atom is 0.296 e. The molecule has 4 nitrogen and oxygen atoms in total. The molecule has 0 atom stereocenters. The first-order valence-corrected chi connectivity index (χ1v) is 3.90. The lowest BCUT2D eigenvalue weighted by atomic mass is 10.1. The molecule has 0 fully saturated rings. The molecule has 13 heavy (non-hydrogen) atoms. The first kappa shape index (κ1) is 11.5. The van der Waals surface area contributed by atoms with E-state index in [0.29, 0.717) is 0 Å². The Bertz CT molecular complexity index is 245. The molecular formula is C9H14N2O2. The van der Waals surface area contributed by atoms with E-state index in [0.717, 1.165) is 0 Å². The molecule has 0 unspecified atom stereocenters. The van der Waals surface area contributed by atoms with Gasteiger partial charge in [0.2, 0.25) is 5.91 Å². The minimum Gasteiger partial charge on any atom is -0.350 e. The summed E-state index contributed by atoms with van der Waals surface area (Å²) in [4.78, 5) is 21.6. The van der Waals surface area contributed by atoms with Crippen LogP contribution in [0.15, 0.2) is 0 Å². The quantitative estimate of drug-likeness (QED) is 0.573. The smallest absolute Gasteiger partial charge is 0.296 e. The highest BCUT2D eigenvalue weighted by molar-refractivity contribution is 5.95. The number of hydrogen-bond acceptors (Lipinski definition) is 2. The Labute approximate surface area is 78.1 Å². The lowest BCUT2D eigenvalue weighted by Crippen LogP contribution is -2.45. The summed E-state index contributed by atoms with van der Waals surface area (Å²) < 4.78 is 0. The second-order valence-electron chi connectivity index (χ2n) is 3.63. The van der Waals surface area contributed by atoms with E-state index >= 15 is 0 Å². The van der Waals surface area contributed by atoms with Gasteiger partial charge in [-0.05, 0) is 26.7 Å². The summed E-state index contributed by atoms with van der Waals surface area (Å²) in [6.07, 6.45) is 4.79. The maximum absolute atomic E-state index is 11.1. The summed E-state index contributed by atoms with van der Waals surface area (Å²) in [7, 11) is 0. The largest absolute Gasteiger partial charge is 0.350 e. The SMILES string of the molecule is C#CC(=O)NCC(=O)NC(C)(C)C. The molecule has 0 bridgehead atoms. The van der Waals surface area contributed by atoms with Crippen molar-refractivity contribution in [1.82, 2.24) is 10.6 Å². The molecule has 4 heteroatoms. The molecular weight excluding hydrogens is 168 g/mol.